The molecule has 3 aromatic rings. The molecule has 29 heavy (non-hydrogen) atoms. The molecule has 0 aliphatic carbocycles. The van der Waals surface area contributed by atoms with E-state index in [0.29, 0.717) is 6.54 Å². The second-order valence-electron chi connectivity index (χ2n) is 7.39. The normalized spacial score (nSPS) is 11.4. The molecule has 0 radical (unpaired) electrons. The standard InChI is InChI=1S/C24H25N3O2/c1-15-9-16(2)23(17(3)10-15)26-24(28)21(13-25)12-20-11-18(4)27(19(20)5)14-22-7-6-8-29-22/h6-12H,14H2,1-5H3,(H,26,28)/b21-12+. The number of nitrogens with zero attached hydrogens (tertiary/aromatic N) is 2. The summed E-state index contributed by atoms with van der Waals surface area (Å²) in [5, 5.41) is 12.5. The number of hydrogen-bond acceptors (Lipinski definition) is 3. The first-order valence-electron chi connectivity index (χ1n) is 9.50. The van der Waals surface area contributed by atoms with Crippen molar-refractivity contribution < 1.29 is 9.21 Å². The Morgan fingerprint density at radius 1 is 1.17 bits per heavy atom. The van der Waals surface area contributed by atoms with Crippen LogP contribution in [-0.4, -0.2) is 10.5 Å². The number of hydrogen-bond donors (Lipinski definition) is 1. The van der Waals surface area contributed by atoms with Crippen molar-refractivity contribution >= 4 is 17.7 Å². The third kappa shape index (κ3) is 4.33. The highest BCUT2D eigenvalue weighted by Gasteiger charge is 2.15. The van der Waals surface area contributed by atoms with Crippen molar-refractivity contribution in [2.75, 3.05) is 5.32 Å². The third-order valence-electron chi connectivity index (χ3n) is 5.09. The van der Waals surface area contributed by atoms with E-state index in [2.05, 4.69) is 9.88 Å². The molecule has 1 aromatic carbocycles. The van der Waals surface area contributed by atoms with E-state index in [1.165, 1.54) is 0 Å². The van der Waals surface area contributed by atoms with Gasteiger partial charge in [0.25, 0.3) is 5.91 Å². The van der Waals surface area contributed by atoms with Crippen LogP contribution in [0.2, 0.25) is 0 Å². The van der Waals surface area contributed by atoms with Crippen LogP contribution in [-0.2, 0) is 11.3 Å². The van der Waals surface area contributed by atoms with E-state index in [9.17, 15) is 10.1 Å². The van der Waals surface area contributed by atoms with E-state index in [4.69, 9.17) is 4.42 Å². The van der Waals surface area contributed by atoms with E-state index >= 15 is 0 Å². The Labute approximate surface area is 171 Å². The molecule has 5 nitrogen and oxygen atoms in total. The summed E-state index contributed by atoms with van der Waals surface area (Å²) in [6.07, 6.45) is 3.30. The third-order valence-corrected chi connectivity index (χ3v) is 5.09. The van der Waals surface area contributed by atoms with E-state index in [1.54, 1.807) is 12.3 Å². The minimum atomic E-state index is -0.404. The van der Waals surface area contributed by atoms with E-state index in [-0.39, 0.29) is 5.57 Å². The van der Waals surface area contributed by atoms with Crippen LogP contribution in [0.1, 0.15) is 39.4 Å². The molecule has 0 saturated carbocycles. The second kappa shape index (κ2) is 8.24. The molecule has 3 rings (SSSR count). The Kier molecular flexibility index (Phi) is 5.74. The molecule has 1 N–H and O–H groups in total. The maximum atomic E-state index is 12.8. The van der Waals surface area contributed by atoms with Gasteiger partial charge in [-0.1, -0.05) is 17.7 Å². The Morgan fingerprint density at radius 2 is 1.86 bits per heavy atom. The van der Waals surface area contributed by atoms with E-state index < -0.39 is 5.91 Å². The Hall–Kier alpha value is -3.52. The first-order valence-corrected chi connectivity index (χ1v) is 9.50. The number of aromatic nitrogens is 1. The number of nitriles is 1. The van der Waals surface area contributed by atoms with Gasteiger partial charge in [-0.25, -0.2) is 0 Å². The largest absolute Gasteiger partial charge is 0.467 e. The van der Waals surface area contributed by atoms with Gasteiger partial charge in [0, 0.05) is 17.1 Å². The lowest BCUT2D eigenvalue weighted by atomic mass is 10.0. The number of aryl methyl sites for hydroxylation is 4. The molecule has 0 bridgehead atoms. The minimum absolute atomic E-state index is 0.0719. The van der Waals surface area contributed by atoms with Crippen LogP contribution in [0.25, 0.3) is 6.08 Å². The monoisotopic (exact) mass is 387 g/mol. The van der Waals surface area contributed by atoms with Gasteiger partial charge in [-0.15, -0.1) is 0 Å². The molecule has 0 spiro atoms. The second-order valence-corrected chi connectivity index (χ2v) is 7.39. The number of carbonyl (C=O) groups is 1. The fourth-order valence-corrected chi connectivity index (χ4v) is 3.64. The molecule has 5 heteroatoms. The molecule has 0 unspecified atom stereocenters. The number of carbonyl (C=O) groups excluding carboxylic acids is 1. The van der Waals surface area contributed by atoms with Crippen molar-refractivity contribution in [1.29, 1.82) is 5.26 Å². The molecule has 0 aliphatic heterocycles. The molecule has 0 fully saturated rings. The summed E-state index contributed by atoms with van der Waals surface area (Å²) >= 11 is 0. The maximum Gasteiger partial charge on any atom is 0.266 e. The highest BCUT2D eigenvalue weighted by molar-refractivity contribution is 6.10. The predicted octanol–water partition coefficient (Wildman–Crippen LogP) is 5.22. The zero-order valence-electron chi connectivity index (χ0n) is 17.5. The summed E-state index contributed by atoms with van der Waals surface area (Å²) in [5.41, 5.74) is 6.77. The average Bonchev–Trinajstić information content (AvgIpc) is 3.26. The highest BCUT2D eigenvalue weighted by atomic mass is 16.3. The quantitative estimate of drug-likeness (QED) is 0.482. The highest BCUT2D eigenvalue weighted by Crippen LogP contribution is 2.24. The zero-order chi connectivity index (χ0) is 21.1. The lowest BCUT2D eigenvalue weighted by Crippen LogP contribution is -2.15. The molecule has 0 saturated heterocycles. The van der Waals surface area contributed by atoms with Gasteiger partial charge in [0.2, 0.25) is 0 Å². The van der Waals surface area contributed by atoms with Crippen molar-refractivity contribution in [2.24, 2.45) is 0 Å². The van der Waals surface area contributed by atoms with Crippen LogP contribution in [0.15, 0.2) is 46.6 Å². The smallest absolute Gasteiger partial charge is 0.266 e. The van der Waals surface area contributed by atoms with Crippen LogP contribution in [0.4, 0.5) is 5.69 Å². The van der Waals surface area contributed by atoms with Gasteiger partial charge in [0.05, 0.1) is 12.8 Å². The summed E-state index contributed by atoms with van der Waals surface area (Å²) in [7, 11) is 0. The van der Waals surface area contributed by atoms with Crippen LogP contribution < -0.4 is 5.32 Å². The molecule has 148 valence electrons. The molecular formula is C24H25N3O2. The molecule has 0 atom stereocenters. The van der Waals surface area contributed by atoms with Crippen molar-refractivity contribution in [3.63, 3.8) is 0 Å². The van der Waals surface area contributed by atoms with Gasteiger partial charge in [-0.05, 0) is 75.6 Å². The van der Waals surface area contributed by atoms with Crippen LogP contribution >= 0.6 is 0 Å². The summed E-state index contributed by atoms with van der Waals surface area (Å²) in [6, 6.07) is 11.8. The average molecular weight is 387 g/mol. The van der Waals surface area contributed by atoms with Crippen molar-refractivity contribution in [2.45, 2.75) is 41.2 Å². The Morgan fingerprint density at radius 3 is 2.45 bits per heavy atom. The van der Waals surface area contributed by atoms with Gasteiger partial charge >= 0.3 is 0 Å². The lowest BCUT2D eigenvalue weighted by molar-refractivity contribution is -0.112. The Balaban J connectivity index is 1.89. The van der Waals surface area contributed by atoms with Crippen LogP contribution in [0.3, 0.4) is 0 Å². The SMILES string of the molecule is Cc1cc(C)c(NC(=O)/C(C#N)=C/c2cc(C)n(Cc3ccco3)c2C)c(C)c1. The molecule has 2 heterocycles. The Bertz CT molecular complexity index is 1100. The number of rotatable bonds is 5. The molecule has 2 aromatic heterocycles. The van der Waals surface area contributed by atoms with Crippen molar-refractivity contribution in [3.8, 4) is 6.07 Å². The molecular weight excluding hydrogens is 362 g/mol. The molecule has 1 amide bonds. The number of anilines is 1. The number of amides is 1. The first kappa shape index (κ1) is 20.2. The summed E-state index contributed by atoms with van der Waals surface area (Å²) in [6.45, 7) is 10.5. The summed E-state index contributed by atoms with van der Waals surface area (Å²) in [4.78, 5) is 12.8. The van der Waals surface area contributed by atoms with Gasteiger partial charge in [-0.3, -0.25) is 4.79 Å². The van der Waals surface area contributed by atoms with E-state index in [1.807, 2.05) is 71.0 Å². The zero-order valence-corrected chi connectivity index (χ0v) is 17.5. The number of furan rings is 1. The van der Waals surface area contributed by atoms with Crippen LogP contribution in [0, 0.1) is 45.9 Å². The number of nitrogens with one attached hydrogen (secondary N) is 1. The lowest BCUT2D eigenvalue weighted by Gasteiger charge is -2.12. The fourth-order valence-electron chi connectivity index (χ4n) is 3.64. The summed E-state index contributed by atoms with van der Waals surface area (Å²) in [5.74, 6) is 0.448. The summed E-state index contributed by atoms with van der Waals surface area (Å²) < 4.78 is 7.54. The van der Waals surface area contributed by atoms with Crippen molar-refractivity contribution in [1.82, 2.24) is 4.57 Å². The van der Waals surface area contributed by atoms with Gasteiger partial charge < -0.3 is 14.3 Å². The maximum absolute atomic E-state index is 12.8. The van der Waals surface area contributed by atoms with E-state index in [0.717, 1.165) is 45.1 Å². The minimum Gasteiger partial charge on any atom is -0.467 e. The molecule has 0 aliphatic rings. The predicted molar refractivity (Wildman–Crippen MR) is 115 cm³/mol. The topological polar surface area (TPSA) is 71.0 Å². The van der Waals surface area contributed by atoms with Gasteiger partial charge in [0.15, 0.2) is 0 Å². The van der Waals surface area contributed by atoms with Crippen molar-refractivity contribution in [3.05, 3.63) is 81.6 Å². The van der Waals surface area contributed by atoms with Gasteiger partial charge in [-0.2, -0.15) is 5.26 Å². The first-order chi connectivity index (χ1) is 13.8. The van der Waals surface area contributed by atoms with Gasteiger partial charge in [0.1, 0.15) is 17.4 Å². The number of benzene rings is 1. The van der Waals surface area contributed by atoms with Crippen LogP contribution in [0.5, 0.6) is 0 Å². The fraction of sp³-hybridized carbons (Fsp3) is 0.250.